The first-order valence-electron chi connectivity index (χ1n) is 9.25. The van der Waals surface area contributed by atoms with E-state index in [1.807, 2.05) is 34.7 Å². The Labute approximate surface area is 151 Å². The largest absolute Gasteiger partial charge is 0.452 e. The van der Waals surface area contributed by atoms with Gasteiger partial charge in [0, 0.05) is 13.1 Å². The predicted molar refractivity (Wildman–Crippen MR) is 100 cm³/mol. The van der Waals surface area contributed by atoms with Crippen molar-refractivity contribution in [3.63, 3.8) is 0 Å². The van der Waals surface area contributed by atoms with E-state index in [9.17, 15) is 9.59 Å². The van der Waals surface area contributed by atoms with Crippen LogP contribution in [0.3, 0.4) is 0 Å². The molecule has 0 atom stereocenters. The summed E-state index contributed by atoms with van der Waals surface area (Å²) in [5, 5.41) is 0. The summed E-state index contributed by atoms with van der Waals surface area (Å²) >= 11 is 0. The second-order valence-electron chi connectivity index (χ2n) is 7.37. The number of rotatable bonds is 4. The number of carbonyl (C=O) groups is 2. The lowest BCUT2D eigenvalue weighted by molar-refractivity contribution is -0.135. The van der Waals surface area contributed by atoms with E-state index in [2.05, 4.69) is 6.92 Å². The fourth-order valence-corrected chi connectivity index (χ4v) is 3.78. The van der Waals surface area contributed by atoms with E-state index < -0.39 is 5.97 Å². The minimum Gasteiger partial charge on any atom is -0.452 e. The number of esters is 1. The van der Waals surface area contributed by atoms with Crippen LogP contribution in [0.25, 0.3) is 0 Å². The fraction of sp³-hybridized carbons (Fsp3) is 0.619. The van der Waals surface area contributed by atoms with E-state index >= 15 is 0 Å². The number of amides is 1. The molecule has 0 N–H and O–H groups in total. The van der Waals surface area contributed by atoms with E-state index in [1.54, 1.807) is 4.90 Å². The minimum atomic E-state index is -0.397. The second-order valence-corrected chi connectivity index (χ2v) is 7.37. The molecule has 2 rings (SSSR count). The van der Waals surface area contributed by atoms with Gasteiger partial charge in [-0.1, -0.05) is 19.3 Å². The lowest BCUT2D eigenvalue weighted by atomic mass is 9.90. The molecule has 4 heteroatoms. The summed E-state index contributed by atoms with van der Waals surface area (Å²) in [6.45, 7) is 9.83. The normalized spacial score (nSPS) is 15.1. The maximum absolute atomic E-state index is 12.6. The molecule has 25 heavy (non-hydrogen) atoms. The molecule has 0 radical (unpaired) electrons. The summed E-state index contributed by atoms with van der Waals surface area (Å²) in [5.41, 5.74) is 5.92. The van der Waals surface area contributed by atoms with Crippen molar-refractivity contribution in [1.82, 2.24) is 4.90 Å². The van der Waals surface area contributed by atoms with E-state index in [0.29, 0.717) is 5.56 Å². The molecule has 0 bridgehead atoms. The Balaban J connectivity index is 2.06. The highest BCUT2D eigenvalue weighted by Crippen LogP contribution is 2.27. The van der Waals surface area contributed by atoms with Crippen LogP contribution in [0.5, 0.6) is 0 Å². The summed E-state index contributed by atoms with van der Waals surface area (Å²) in [5.74, 6) is -0.511. The number of hydrogen-bond acceptors (Lipinski definition) is 3. The maximum Gasteiger partial charge on any atom is 0.339 e. The van der Waals surface area contributed by atoms with Crippen LogP contribution in [0.2, 0.25) is 0 Å². The second kappa shape index (κ2) is 8.03. The first kappa shape index (κ1) is 19.5. The lowest BCUT2D eigenvalue weighted by Gasteiger charge is -2.31. The van der Waals surface area contributed by atoms with Crippen molar-refractivity contribution in [1.29, 1.82) is 0 Å². The average Bonchev–Trinajstić information content (AvgIpc) is 2.63. The van der Waals surface area contributed by atoms with Crippen LogP contribution in [0.15, 0.2) is 0 Å². The highest BCUT2D eigenvalue weighted by Gasteiger charge is 2.24. The van der Waals surface area contributed by atoms with E-state index in [4.69, 9.17) is 4.74 Å². The highest BCUT2D eigenvalue weighted by atomic mass is 16.5. The molecule has 0 aromatic heterocycles. The minimum absolute atomic E-state index is 0.115. The monoisotopic (exact) mass is 345 g/mol. The molecule has 1 aliphatic carbocycles. The van der Waals surface area contributed by atoms with Crippen molar-refractivity contribution >= 4 is 11.9 Å². The first-order valence-corrected chi connectivity index (χ1v) is 9.25. The Hall–Kier alpha value is -1.84. The number of ether oxygens (including phenoxy) is 1. The third kappa shape index (κ3) is 4.05. The molecular weight excluding hydrogens is 314 g/mol. The van der Waals surface area contributed by atoms with Gasteiger partial charge in [-0.05, 0) is 75.3 Å². The van der Waals surface area contributed by atoms with Crippen molar-refractivity contribution in [3.05, 3.63) is 33.4 Å². The van der Waals surface area contributed by atoms with Gasteiger partial charge < -0.3 is 9.64 Å². The number of benzene rings is 1. The van der Waals surface area contributed by atoms with Crippen molar-refractivity contribution in [2.75, 3.05) is 13.7 Å². The van der Waals surface area contributed by atoms with Gasteiger partial charge in [0.2, 0.25) is 0 Å². The fourth-order valence-electron chi connectivity index (χ4n) is 3.78. The SMILES string of the molecule is Cc1c(C)c(C)c(C(=O)OCC(=O)N(C)C2CCCCC2)c(C)c1C. The number of hydrogen-bond donors (Lipinski definition) is 0. The van der Waals surface area contributed by atoms with Crippen LogP contribution in [-0.2, 0) is 9.53 Å². The van der Waals surface area contributed by atoms with Gasteiger partial charge in [0.25, 0.3) is 5.91 Å². The standard InChI is InChI=1S/C21H31NO3/c1-13-14(2)16(4)20(17(5)15(13)3)21(24)25-12-19(23)22(6)18-10-8-7-9-11-18/h18H,7-12H2,1-6H3. The molecule has 138 valence electrons. The Bertz CT molecular complexity index is 643. The molecule has 0 saturated heterocycles. The zero-order valence-corrected chi connectivity index (χ0v) is 16.5. The van der Waals surface area contributed by atoms with Crippen LogP contribution in [0, 0.1) is 34.6 Å². The number of carbonyl (C=O) groups excluding carboxylic acids is 2. The molecular formula is C21H31NO3. The number of nitrogens with zero attached hydrogens (tertiary/aromatic N) is 1. The molecule has 0 heterocycles. The van der Waals surface area contributed by atoms with Crippen LogP contribution in [-0.4, -0.2) is 36.5 Å². The Morgan fingerprint density at radius 2 is 1.36 bits per heavy atom. The third-order valence-electron chi connectivity index (χ3n) is 6.05. The highest BCUT2D eigenvalue weighted by molar-refractivity contribution is 5.95. The summed E-state index contributed by atoms with van der Waals surface area (Å²) in [6.07, 6.45) is 5.68. The molecule has 1 fully saturated rings. The van der Waals surface area contributed by atoms with Crippen LogP contribution in [0.1, 0.15) is 70.3 Å². The van der Waals surface area contributed by atoms with E-state index in [0.717, 1.165) is 35.1 Å². The van der Waals surface area contributed by atoms with E-state index in [1.165, 1.54) is 24.8 Å². The zero-order chi connectivity index (χ0) is 18.7. The van der Waals surface area contributed by atoms with Gasteiger partial charge in [0.15, 0.2) is 6.61 Å². The van der Waals surface area contributed by atoms with E-state index in [-0.39, 0.29) is 18.6 Å². The van der Waals surface area contributed by atoms with Crippen LogP contribution in [0.4, 0.5) is 0 Å². The molecule has 1 saturated carbocycles. The molecule has 4 nitrogen and oxygen atoms in total. The van der Waals surface area contributed by atoms with Crippen LogP contribution < -0.4 is 0 Å². The summed E-state index contributed by atoms with van der Waals surface area (Å²) < 4.78 is 5.38. The zero-order valence-electron chi connectivity index (χ0n) is 16.5. The topological polar surface area (TPSA) is 46.6 Å². The van der Waals surface area contributed by atoms with Crippen LogP contribution >= 0.6 is 0 Å². The molecule has 1 aliphatic rings. The van der Waals surface area contributed by atoms with Gasteiger partial charge in [-0.25, -0.2) is 4.79 Å². The molecule has 1 aromatic rings. The Morgan fingerprint density at radius 3 is 1.88 bits per heavy atom. The molecule has 1 amide bonds. The van der Waals surface area contributed by atoms with Crippen molar-refractivity contribution in [2.24, 2.45) is 0 Å². The Kier molecular flexibility index (Phi) is 6.26. The molecule has 0 aliphatic heterocycles. The van der Waals surface area contributed by atoms with Crippen molar-refractivity contribution < 1.29 is 14.3 Å². The van der Waals surface area contributed by atoms with Gasteiger partial charge in [-0.3, -0.25) is 4.79 Å². The summed E-state index contributed by atoms with van der Waals surface area (Å²) in [6, 6.07) is 0.285. The van der Waals surface area contributed by atoms with Crippen molar-refractivity contribution in [3.8, 4) is 0 Å². The quantitative estimate of drug-likeness (QED) is 0.769. The maximum atomic E-state index is 12.6. The number of likely N-dealkylation sites (N-methyl/N-ethyl adjacent to an activating group) is 1. The third-order valence-corrected chi connectivity index (χ3v) is 6.05. The molecule has 1 aromatic carbocycles. The lowest BCUT2D eigenvalue weighted by Crippen LogP contribution is -2.40. The summed E-state index contributed by atoms with van der Waals surface area (Å²) in [7, 11) is 1.82. The van der Waals surface area contributed by atoms with Gasteiger partial charge in [0.05, 0.1) is 5.56 Å². The van der Waals surface area contributed by atoms with Gasteiger partial charge in [-0.15, -0.1) is 0 Å². The summed E-state index contributed by atoms with van der Waals surface area (Å²) in [4.78, 5) is 26.8. The predicted octanol–water partition coefficient (Wildman–Crippen LogP) is 4.18. The first-order chi connectivity index (χ1) is 11.8. The average molecular weight is 345 g/mol. The smallest absolute Gasteiger partial charge is 0.339 e. The molecule has 0 unspecified atom stereocenters. The van der Waals surface area contributed by atoms with Crippen molar-refractivity contribution in [2.45, 2.75) is 72.8 Å². The molecule has 0 spiro atoms. The Morgan fingerprint density at radius 1 is 0.880 bits per heavy atom. The van der Waals surface area contributed by atoms with Gasteiger partial charge in [-0.2, -0.15) is 0 Å². The van der Waals surface area contributed by atoms with Gasteiger partial charge in [0.1, 0.15) is 0 Å². The van der Waals surface area contributed by atoms with Gasteiger partial charge >= 0.3 is 5.97 Å².